The van der Waals surface area contributed by atoms with Gasteiger partial charge in [0.2, 0.25) is 11.8 Å². The van der Waals surface area contributed by atoms with Gasteiger partial charge in [-0.15, -0.1) is 0 Å². The highest BCUT2D eigenvalue weighted by molar-refractivity contribution is 9.10. The monoisotopic (exact) mass is 627 g/mol. The lowest BCUT2D eigenvalue weighted by atomic mass is 10.0. The van der Waals surface area contributed by atoms with Gasteiger partial charge < -0.3 is 10.2 Å². The van der Waals surface area contributed by atoms with Crippen LogP contribution in [-0.2, 0) is 26.2 Å². The van der Waals surface area contributed by atoms with E-state index in [1.54, 1.807) is 43.3 Å². The number of nitrogens with one attached hydrogen (secondary N) is 1. The van der Waals surface area contributed by atoms with Gasteiger partial charge in [-0.1, -0.05) is 71.7 Å². The quantitative estimate of drug-likeness (QED) is 0.282. The van der Waals surface area contributed by atoms with Crippen molar-refractivity contribution >= 4 is 43.5 Å². The molecule has 9 heteroatoms. The number of aryl methyl sites for hydroxylation is 1. The number of anilines is 1. The third-order valence-electron chi connectivity index (χ3n) is 6.60. The maximum Gasteiger partial charge on any atom is 0.264 e. The number of halogens is 1. The van der Waals surface area contributed by atoms with Crippen LogP contribution in [0.5, 0.6) is 0 Å². The van der Waals surface area contributed by atoms with E-state index in [1.807, 2.05) is 57.2 Å². The molecule has 0 unspecified atom stereocenters. The molecule has 0 saturated heterocycles. The van der Waals surface area contributed by atoms with Crippen LogP contribution in [0.3, 0.4) is 0 Å². The SMILES string of the molecule is Cc1ccc(S(=O)(=O)N(CC(=O)N(Cc2ccc(Br)cc2)[C@H](C)C(=O)NC(C)C)c2ccc(C(C)C)cc2)cc1. The number of sulfonamides is 1. The molecule has 0 fully saturated rings. The van der Waals surface area contributed by atoms with Crippen molar-refractivity contribution in [2.45, 2.75) is 71.0 Å². The van der Waals surface area contributed by atoms with E-state index in [1.165, 1.54) is 4.90 Å². The Balaban J connectivity index is 2.04. The predicted molar refractivity (Wildman–Crippen MR) is 164 cm³/mol. The topological polar surface area (TPSA) is 86.8 Å². The zero-order valence-electron chi connectivity index (χ0n) is 23.9. The Morgan fingerprint density at radius 1 is 0.850 bits per heavy atom. The summed E-state index contributed by atoms with van der Waals surface area (Å²) in [7, 11) is -4.10. The van der Waals surface area contributed by atoms with E-state index in [4.69, 9.17) is 0 Å². The molecular weight excluding hydrogens is 590 g/mol. The van der Waals surface area contributed by atoms with E-state index in [0.29, 0.717) is 5.69 Å². The highest BCUT2D eigenvalue weighted by atomic mass is 79.9. The van der Waals surface area contributed by atoms with E-state index in [-0.39, 0.29) is 29.3 Å². The minimum absolute atomic E-state index is 0.0869. The third-order valence-corrected chi connectivity index (χ3v) is 8.92. The van der Waals surface area contributed by atoms with Crippen molar-refractivity contribution in [2.75, 3.05) is 10.8 Å². The summed E-state index contributed by atoms with van der Waals surface area (Å²) >= 11 is 3.42. The molecule has 3 rings (SSSR count). The number of amides is 2. The average Bonchev–Trinajstić information content (AvgIpc) is 2.90. The largest absolute Gasteiger partial charge is 0.352 e. The molecule has 0 aliphatic heterocycles. The van der Waals surface area contributed by atoms with Gasteiger partial charge >= 0.3 is 0 Å². The number of hydrogen-bond donors (Lipinski definition) is 1. The van der Waals surface area contributed by atoms with Crippen molar-refractivity contribution in [2.24, 2.45) is 0 Å². The second-order valence-corrected chi connectivity index (χ2v) is 13.3. The number of carbonyl (C=O) groups is 2. The lowest BCUT2D eigenvalue weighted by molar-refractivity contribution is -0.139. The number of rotatable bonds is 11. The summed E-state index contributed by atoms with van der Waals surface area (Å²) in [6, 6.07) is 20.3. The smallest absolute Gasteiger partial charge is 0.264 e. The van der Waals surface area contributed by atoms with E-state index < -0.39 is 28.5 Å². The first-order valence-electron chi connectivity index (χ1n) is 13.3. The van der Waals surface area contributed by atoms with E-state index in [0.717, 1.165) is 25.5 Å². The first-order chi connectivity index (χ1) is 18.8. The Morgan fingerprint density at radius 2 is 1.43 bits per heavy atom. The molecule has 2 amide bonds. The molecule has 1 N–H and O–H groups in total. The van der Waals surface area contributed by atoms with Crippen LogP contribution < -0.4 is 9.62 Å². The molecule has 0 aliphatic carbocycles. The Labute approximate surface area is 246 Å². The molecule has 0 bridgehead atoms. The van der Waals surface area contributed by atoms with E-state index >= 15 is 0 Å². The molecule has 0 spiro atoms. The summed E-state index contributed by atoms with van der Waals surface area (Å²) in [5, 5.41) is 2.86. The second-order valence-electron chi connectivity index (χ2n) is 10.6. The Kier molecular flexibility index (Phi) is 10.6. The molecule has 0 heterocycles. The summed E-state index contributed by atoms with van der Waals surface area (Å²) in [5.74, 6) is -0.535. The fourth-order valence-corrected chi connectivity index (χ4v) is 5.84. The van der Waals surface area contributed by atoms with Gasteiger partial charge in [0.15, 0.2) is 0 Å². The van der Waals surface area contributed by atoms with Crippen molar-refractivity contribution in [1.82, 2.24) is 10.2 Å². The van der Waals surface area contributed by atoms with Crippen LogP contribution in [0, 0.1) is 6.92 Å². The third kappa shape index (κ3) is 7.95. The highest BCUT2D eigenvalue weighted by Crippen LogP contribution is 2.27. The van der Waals surface area contributed by atoms with Crippen LogP contribution >= 0.6 is 15.9 Å². The van der Waals surface area contributed by atoms with Gasteiger partial charge in [0.25, 0.3) is 10.0 Å². The van der Waals surface area contributed by atoms with Crippen LogP contribution in [-0.4, -0.2) is 43.8 Å². The normalized spacial score (nSPS) is 12.3. The molecule has 3 aromatic carbocycles. The fourth-order valence-electron chi connectivity index (χ4n) is 4.17. The number of nitrogens with zero attached hydrogens (tertiary/aromatic N) is 2. The van der Waals surface area contributed by atoms with Crippen molar-refractivity contribution in [1.29, 1.82) is 0 Å². The highest BCUT2D eigenvalue weighted by Gasteiger charge is 2.32. The van der Waals surface area contributed by atoms with Crippen LogP contribution in [0.4, 0.5) is 5.69 Å². The van der Waals surface area contributed by atoms with Gasteiger partial charge in [-0.25, -0.2) is 8.42 Å². The Bertz CT molecular complexity index is 1400. The van der Waals surface area contributed by atoms with Crippen LogP contribution in [0.1, 0.15) is 57.2 Å². The van der Waals surface area contributed by atoms with Gasteiger partial charge in [0, 0.05) is 17.1 Å². The predicted octanol–water partition coefficient (Wildman–Crippen LogP) is 6.02. The summed E-state index contributed by atoms with van der Waals surface area (Å²) in [6.07, 6.45) is 0. The molecule has 0 aromatic heterocycles. The van der Waals surface area contributed by atoms with Crippen LogP contribution in [0.15, 0.2) is 82.2 Å². The Morgan fingerprint density at radius 3 is 1.95 bits per heavy atom. The van der Waals surface area contributed by atoms with Gasteiger partial charge in [-0.05, 0) is 81.1 Å². The van der Waals surface area contributed by atoms with Crippen molar-refractivity contribution in [3.63, 3.8) is 0 Å². The van der Waals surface area contributed by atoms with Crippen LogP contribution in [0.2, 0.25) is 0 Å². The zero-order valence-corrected chi connectivity index (χ0v) is 26.3. The lowest BCUT2D eigenvalue weighted by Gasteiger charge is -2.32. The lowest BCUT2D eigenvalue weighted by Crippen LogP contribution is -2.52. The standard InChI is InChI=1S/C31H38BrN3O4S/c1-21(2)26-11-15-28(16-12-26)35(40(38,39)29-17-7-23(5)8-18-29)20-30(36)34(24(6)31(37)33-22(3)4)19-25-9-13-27(32)14-10-25/h7-18,21-22,24H,19-20H2,1-6H3,(H,33,37)/t24-/m1/s1. The zero-order chi connectivity index (χ0) is 29.6. The molecule has 40 heavy (non-hydrogen) atoms. The molecule has 0 saturated carbocycles. The van der Waals surface area contributed by atoms with Gasteiger partial charge in [-0.3, -0.25) is 13.9 Å². The maximum atomic E-state index is 14.0. The minimum atomic E-state index is -4.10. The molecule has 0 radical (unpaired) electrons. The molecule has 3 aromatic rings. The number of benzene rings is 3. The number of carbonyl (C=O) groups excluding carboxylic acids is 2. The molecule has 0 aliphatic rings. The fraction of sp³-hybridized carbons (Fsp3) is 0.355. The van der Waals surface area contributed by atoms with Crippen LogP contribution in [0.25, 0.3) is 0 Å². The summed E-state index contributed by atoms with van der Waals surface area (Å²) in [6.45, 7) is 11.0. The van der Waals surface area contributed by atoms with Crippen molar-refractivity contribution in [3.8, 4) is 0 Å². The second kappa shape index (κ2) is 13.5. The van der Waals surface area contributed by atoms with E-state index in [2.05, 4.69) is 35.1 Å². The molecular formula is C31H38BrN3O4S. The van der Waals surface area contributed by atoms with Gasteiger partial charge in [0.05, 0.1) is 10.6 Å². The first-order valence-corrected chi connectivity index (χ1v) is 15.6. The Hall–Kier alpha value is -3.17. The summed E-state index contributed by atoms with van der Waals surface area (Å²) < 4.78 is 29.9. The summed E-state index contributed by atoms with van der Waals surface area (Å²) in [5.41, 5.74) is 3.17. The maximum absolute atomic E-state index is 14.0. The molecule has 1 atom stereocenters. The molecule has 7 nitrogen and oxygen atoms in total. The first kappa shape index (κ1) is 31.4. The summed E-state index contributed by atoms with van der Waals surface area (Å²) in [4.78, 5) is 28.5. The van der Waals surface area contributed by atoms with Crippen molar-refractivity contribution in [3.05, 3.63) is 94.0 Å². The van der Waals surface area contributed by atoms with E-state index in [9.17, 15) is 18.0 Å². The minimum Gasteiger partial charge on any atom is -0.352 e. The van der Waals surface area contributed by atoms with Gasteiger partial charge in [0.1, 0.15) is 12.6 Å². The average molecular weight is 629 g/mol. The number of hydrogen-bond acceptors (Lipinski definition) is 4. The van der Waals surface area contributed by atoms with Gasteiger partial charge in [-0.2, -0.15) is 0 Å². The molecule has 214 valence electrons. The van der Waals surface area contributed by atoms with Crippen molar-refractivity contribution < 1.29 is 18.0 Å².